The predicted octanol–water partition coefficient (Wildman–Crippen LogP) is 4.41. The van der Waals surface area contributed by atoms with Crippen molar-refractivity contribution in [3.63, 3.8) is 0 Å². The quantitative estimate of drug-likeness (QED) is 0.878. The predicted molar refractivity (Wildman–Crippen MR) is 85.2 cm³/mol. The molecule has 104 valence electrons. The molecule has 3 rings (SSSR count). The van der Waals surface area contributed by atoms with Crippen LogP contribution in [0.5, 0.6) is 0 Å². The van der Waals surface area contributed by atoms with Gasteiger partial charge >= 0.3 is 0 Å². The Balaban J connectivity index is 1.84. The van der Waals surface area contributed by atoms with Crippen molar-refractivity contribution in [3.8, 4) is 0 Å². The standard InChI is InChI=1S/C18H20ClN/c1-2-20-18(13-7-9-17(19)10-8-13)16-11-14-5-3-4-6-15(14)12-16/h3-10,16,18,20H,2,11-12H2,1H3. The minimum absolute atomic E-state index is 0.407. The van der Waals surface area contributed by atoms with Crippen LogP contribution in [0.25, 0.3) is 0 Å². The zero-order chi connectivity index (χ0) is 13.9. The Hall–Kier alpha value is -1.31. The third-order valence-corrected chi connectivity index (χ3v) is 4.46. The lowest BCUT2D eigenvalue weighted by atomic mass is 9.90. The number of hydrogen-bond acceptors (Lipinski definition) is 1. The average molecular weight is 286 g/mol. The zero-order valence-corrected chi connectivity index (χ0v) is 12.5. The molecule has 0 aromatic heterocycles. The number of fused-ring (bicyclic) bond motifs is 1. The second-order valence-corrected chi connectivity index (χ2v) is 5.96. The third kappa shape index (κ3) is 2.74. The zero-order valence-electron chi connectivity index (χ0n) is 11.8. The van der Waals surface area contributed by atoms with E-state index in [1.165, 1.54) is 16.7 Å². The lowest BCUT2D eigenvalue weighted by Crippen LogP contribution is -2.28. The van der Waals surface area contributed by atoms with Crippen molar-refractivity contribution in [3.05, 3.63) is 70.2 Å². The van der Waals surface area contributed by atoms with Crippen molar-refractivity contribution in [1.29, 1.82) is 0 Å². The van der Waals surface area contributed by atoms with Gasteiger partial charge in [0.1, 0.15) is 0 Å². The maximum Gasteiger partial charge on any atom is 0.0406 e. The van der Waals surface area contributed by atoms with Crippen LogP contribution in [-0.4, -0.2) is 6.54 Å². The number of nitrogens with one attached hydrogen (secondary N) is 1. The monoisotopic (exact) mass is 285 g/mol. The van der Waals surface area contributed by atoms with Crippen molar-refractivity contribution >= 4 is 11.6 Å². The van der Waals surface area contributed by atoms with Gasteiger partial charge in [-0.15, -0.1) is 0 Å². The summed E-state index contributed by atoms with van der Waals surface area (Å²) in [5.41, 5.74) is 4.36. The highest BCUT2D eigenvalue weighted by Crippen LogP contribution is 2.35. The highest BCUT2D eigenvalue weighted by molar-refractivity contribution is 6.30. The molecule has 2 heteroatoms. The molecule has 0 saturated carbocycles. The molecule has 1 aliphatic rings. The van der Waals surface area contributed by atoms with Gasteiger partial charge in [0.25, 0.3) is 0 Å². The van der Waals surface area contributed by atoms with Gasteiger partial charge in [-0.1, -0.05) is 54.9 Å². The summed E-state index contributed by atoms with van der Waals surface area (Å²) in [7, 11) is 0. The van der Waals surface area contributed by atoms with E-state index in [1.54, 1.807) is 0 Å². The van der Waals surface area contributed by atoms with Gasteiger partial charge in [0, 0.05) is 11.1 Å². The lowest BCUT2D eigenvalue weighted by Gasteiger charge is -2.25. The van der Waals surface area contributed by atoms with E-state index in [-0.39, 0.29) is 0 Å². The van der Waals surface area contributed by atoms with E-state index < -0.39 is 0 Å². The summed E-state index contributed by atoms with van der Waals surface area (Å²) in [6.45, 7) is 3.16. The Morgan fingerprint density at radius 1 is 1.05 bits per heavy atom. The van der Waals surface area contributed by atoms with E-state index in [9.17, 15) is 0 Å². The molecular formula is C18H20ClN. The Bertz CT molecular complexity index is 551. The summed E-state index contributed by atoms with van der Waals surface area (Å²) in [6.07, 6.45) is 2.33. The third-order valence-electron chi connectivity index (χ3n) is 4.21. The van der Waals surface area contributed by atoms with Crippen LogP contribution in [-0.2, 0) is 12.8 Å². The van der Waals surface area contributed by atoms with Crippen LogP contribution < -0.4 is 5.32 Å². The van der Waals surface area contributed by atoms with Crippen molar-refractivity contribution in [2.75, 3.05) is 6.54 Å². The fourth-order valence-electron chi connectivity index (χ4n) is 3.28. The first-order valence-electron chi connectivity index (χ1n) is 7.33. The van der Waals surface area contributed by atoms with Crippen molar-refractivity contribution in [2.24, 2.45) is 5.92 Å². The SMILES string of the molecule is CCNC(c1ccc(Cl)cc1)C1Cc2ccccc2C1. The molecule has 20 heavy (non-hydrogen) atoms. The van der Waals surface area contributed by atoms with E-state index in [4.69, 9.17) is 11.6 Å². The van der Waals surface area contributed by atoms with Crippen LogP contribution in [0.2, 0.25) is 5.02 Å². The fraction of sp³-hybridized carbons (Fsp3) is 0.333. The topological polar surface area (TPSA) is 12.0 Å². The minimum atomic E-state index is 0.407. The lowest BCUT2D eigenvalue weighted by molar-refractivity contribution is 0.380. The summed E-state index contributed by atoms with van der Waals surface area (Å²) >= 11 is 6.01. The molecule has 2 aromatic carbocycles. The van der Waals surface area contributed by atoms with Crippen LogP contribution in [0.4, 0.5) is 0 Å². The summed E-state index contributed by atoms with van der Waals surface area (Å²) in [5.74, 6) is 0.633. The van der Waals surface area contributed by atoms with Gasteiger partial charge in [-0.2, -0.15) is 0 Å². The summed E-state index contributed by atoms with van der Waals surface area (Å²) in [4.78, 5) is 0. The number of rotatable bonds is 4. The Kier molecular flexibility index (Phi) is 4.09. The minimum Gasteiger partial charge on any atom is -0.310 e. The highest BCUT2D eigenvalue weighted by Gasteiger charge is 2.28. The molecule has 1 N–H and O–H groups in total. The number of halogens is 1. The Labute approximate surface area is 126 Å². The van der Waals surface area contributed by atoms with Gasteiger partial charge < -0.3 is 5.32 Å². The Morgan fingerprint density at radius 3 is 2.20 bits per heavy atom. The molecule has 1 aliphatic carbocycles. The molecule has 0 radical (unpaired) electrons. The van der Waals surface area contributed by atoms with Crippen LogP contribution in [0.15, 0.2) is 48.5 Å². The molecule has 0 saturated heterocycles. The molecule has 0 aliphatic heterocycles. The van der Waals surface area contributed by atoms with Gasteiger partial charge in [-0.25, -0.2) is 0 Å². The van der Waals surface area contributed by atoms with Crippen molar-refractivity contribution in [2.45, 2.75) is 25.8 Å². The highest BCUT2D eigenvalue weighted by atomic mass is 35.5. The van der Waals surface area contributed by atoms with Gasteiger partial charge in [0.15, 0.2) is 0 Å². The van der Waals surface area contributed by atoms with Gasteiger partial charge in [-0.05, 0) is 54.1 Å². The molecule has 0 amide bonds. The van der Waals surface area contributed by atoms with Gasteiger partial charge in [0.2, 0.25) is 0 Å². The average Bonchev–Trinajstić information content (AvgIpc) is 2.89. The summed E-state index contributed by atoms with van der Waals surface area (Å²) in [6, 6.07) is 17.5. The van der Waals surface area contributed by atoms with E-state index >= 15 is 0 Å². The van der Waals surface area contributed by atoms with Crippen LogP contribution in [0.3, 0.4) is 0 Å². The molecular weight excluding hydrogens is 266 g/mol. The molecule has 1 atom stereocenters. The molecule has 1 nitrogen and oxygen atoms in total. The van der Waals surface area contributed by atoms with E-state index in [1.807, 2.05) is 12.1 Å². The van der Waals surface area contributed by atoms with Gasteiger partial charge in [-0.3, -0.25) is 0 Å². The van der Waals surface area contributed by atoms with Crippen LogP contribution >= 0.6 is 11.6 Å². The van der Waals surface area contributed by atoms with Crippen LogP contribution in [0, 0.1) is 5.92 Å². The Morgan fingerprint density at radius 2 is 1.65 bits per heavy atom. The molecule has 1 unspecified atom stereocenters. The van der Waals surface area contributed by atoms with Crippen LogP contribution in [0.1, 0.15) is 29.7 Å². The second-order valence-electron chi connectivity index (χ2n) is 5.52. The van der Waals surface area contributed by atoms with E-state index in [0.717, 1.165) is 24.4 Å². The first kappa shape index (κ1) is 13.7. The molecule has 0 fully saturated rings. The normalized spacial score (nSPS) is 16.1. The molecule has 0 bridgehead atoms. The summed E-state index contributed by atoms with van der Waals surface area (Å²) < 4.78 is 0. The fourth-order valence-corrected chi connectivity index (χ4v) is 3.40. The van der Waals surface area contributed by atoms with E-state index in [0.29, 0.717) is 12.0 Å². The number of benzene rings is 2. The maximum absolute atomic E-state index is 6.01. The van der Waals surface area contributed by atoms with Gasteiger partial charge in [0.05, 0.1) is 0 Å². The summed E-state index contributed by atoms with van der Waals surface area (Å²) in [5, 5.41) is 4.46. The van der Waals surface area contributed by atoms with E-state index in [2.05, 4.69) is 48.6 Å². The second kappa shape index (κ2) is 5.99. The molecule has 0 heterocycles. The largest absolute Gasteiger partial charge is 0.310 e. The number of hydrogen-bond donors (Lipinski definition) is 1. The first-order valence-corrected chi connectivity index (χ1v) is 7.71. The molecule has 0 spiro atoms. The van der Waals surface area contributed by atoms with Crippen molar-refractivity contribution in [1.82, 2.24) is 5.32 Å². The maximum atomic E-state index is 6.01. The molecule has 2 aromatic rings. The smallest absolute Gasteiger partial charge is 0.0406 e. The first-order chi connectivity index (χ1) is 9.78. The van der Waals surface area contributed by atoms with Crippen molar-refractivity contribution < 1.29 is 0 Å².